The Bertz CT molecular complexity index is 738. The number of alkyl halides is 15. The standard InChI is InChI=1S/C14H7F15/c1-8(15,16)11(22,23)13(26,27)14(28,29)12(24,25)9(17,18)6-3-2-4-7(5-6)10(19,20)21/h2-5H,1H3. The monoisotopic (exact) mass is 460 g/mol. The predicted molar refractivity (Wildman–Crippen MR) is 65.7 cm³/mol. The van der Waals surface area contributed by atoms with E-state index in [1.807, 2.05) is 0 Å². The molecule has 0 saturated heterocycles. The Morgan fingerprint density at radius 1 is 0.517 bits per heavy atom. The van der Waals surface area contributed by atoms with E-state index in [0.29, 0.717) is 0 Å². The summed E-state index contributed by atoms with van der Waals surface area (Å²) in [6.45, 7) is -1.06. The highest BCUT2D eigenvalue weighted by atomic mass is 19.4. The second-order valence-electron chi connectivity index (χ2n) is 5.84. The highest BCUT2D eigenvalue weighted by Crippen LogP contribution is 2.61. The normalized spacial score (nSPS) is 15.6. The summed E-state index contributed by atoms with van der Waals surface area (Å²) < 4.78 is 197. The topological polar surface area (TPSA) is 0 Å². The fourth-order valence-corrected chi connectivity index (χ4v) is 1.94. The average Bonchev–Trinajstić information content (AvgIpc) is 2.52. The van der Waals surface area contributed by atoms with E-state index in [1.165, 1.54) is 0 Å². The average molecular weight is 460 g/mol. The third-order valence-electron chi connectivity index (χ3n) is 3.68. The Hall–Kier alpha value is -1.83. The van der Waals surface area contributed by atoms with Crippen LogP contribution in [-0.4, -0.2) is 29.6 Å². The number of hydrogen-bond acceptors (Lipinski definition) is 0. The molecule has 0 spiro atoms. The molecule has 0 heterocycles. The van der Waals surface area contributed by atoms with Gasteiger partial charge in [-0.25, -0.2) is 0 Å². The molecule has 0 aliphatic carbocycles. The van der Waals surface area contributed by atoms with Crippen LogP contribution in [-0.2, 0) is 12.1 Å². The lowest BCUT2D eigenvalue weighted by molar-refractivity contribution is -0.425. The molecule has 0 amide bonds. The summed E-state index contributed by atoms with van der Waals surface area (Å²) in [6.07, 6.45) is -5.47. The van der Waals surface area contributed by atoms with Crippen LogP contribution in [0.25, 0.3) is 0 Å². The zero-order valence-electron chi connectivity index (χ0n) is 13.5. The molecule has 0 atom stereocenters. The second kappa shape index (κ2) is 6.59. The van der Waals surface area contributed by atoms with E-state index in [2.05, 4.69) is 0 Å². The van der Waals surface area contributed by atoms with Gasteiger partial charge in [0.25, 0.3) is 0 Å². The van der Waals surface area contributed by atoms with Gasteiger partial charge in [-0.3, -0.25) is 0 Å². The van der Waals surface area contributed by atoms with E-state index in [9.17, 15) is 65.9 Å². The third-order valence-corrected chi connectivity index (χ3v) is 3.68. The Morgan fingerprint density at radius 2 is 0.897 bits per heavy atom. The van der Waals surface area contributed by atoms with Crippen molar-refractivity contribution in [2.75, 3.05) is 0 Å². The van der Waals surface area contributed by atoms with E-state index in [4.69, 9.17) is 0 Å². The van der Waals surface area contributed by atoms with Crippen LogP contribution >= 0.6 is 0 Å². The molecule has 0 radical (unpaired) electrons. The highest BCUT2D eigenvalue weighted by Gasteiger charge is 2.89. The molecule has 0 bridgehead atoms. The van der Waals surface area contributed by atoms with Crippen molar-refractivity contribution in [3.05, 3.63) is 35.4 Å². The van der Waals surface area contributed by atoms with Crippen molar-refractivity contribution in [3.63, 3.8) is 0 Å². The first-order chi connectivity index (χ1) is 12.5. The molecule has 0 aliphatic heterocycles. The van der Waals surface area contributed by atoms with Crippen LogP contribution in [0.1, 0.15) is 18.1 Å². The van der Waals surface area contributed by atoms with Gasteiger partial charge < -0.3 is 0 Å². The molecular weight excluding hydrogens is 453 g/mol. The van der Waals surface area contributed by atoms with Crippen LogP contribution in [0.15, 0.2) is 24.3 Å². The largest absolute Gasteiger partial charge is 0.416 e. The Morgan fingerprint density at radius 3 is 1.28 bits per heavy atom. The van der Waals surface area contributed by atoms with Gasteiger partial charge in [-0.2, -0.15) is 65.9 Å². The molecule has 0 aliphatic rings. The quantitative estimate of drug-likeness (QED) is 0.402. The number of benzene rings is 1. The summed E-state index contributed by atoms with van der Waals surface area (Å²) in [6, 6.07) is -1.07. The minimum absolute atomic E-state index is 0.0211. The second-order valence-corrected chi connectivity index (χ2v) is 5.84. The minimum atomic E-state index is -7.83. The Kier molecular flexibility index (Phi) is 5.73. The zero-order valence-corrected chi connectivity index (χ0v) is 13.5. The van der Waals surface area contributed by atoms with Crippen LogP contribution in [0.4, 0.5) is 65.9 Å². The summed E-state index contributed by atoms with van der Waals surface area (Å²) in [4.78, 5) is 0. The van der Waals surface area contributed by atoms with Gasteiger partial charge in [0.2, 0.25) is 0 Å². The van der Waals surface area contributed by atoms with E-state index in [0.717, 1.165) is 0 Å². The molecule has 0 fully saturated rings. The fraction of sp³-hybridized carbons (Fsp3) is 0.571. The predicted octanol–water partition coefficient (Wildman–Crippen LogP) is 6.99. The molecule has 0 saturated carbocycles. The van der Waals surface area contributed by atoms with Crippen molar-refractivity contribution in [2.45, 2.75) is 48.6 Å². The van der Waals surface area contributed by atoms with Crippen LogP contribution < -0.4 is 0 Å². The SMILES string of the molecule is CC(F)(F)C(F)(F)C(F)(F)C(F)(F)C(F)(F)C(F)(F)c1cccc(C(F)(F)F)c1. The van der Waals surface area contributed by atoms with Crippen LogP contribution in [0.2, 0.25) is 0 Å². The van der Waals surface area contributed by atoms with Crippen LogP contribution in [0.5, 0.6) is 0 Å². The summed E-state index contributed by atoms with van der Waals surface area (Å²) >= 11 is 0. The smallest absolute Gasteiger partial charge is 0.200 e. The third kappa shape index (κ3) is 3.60. The molecule has 15 heteroatoms. The summed E-state index contributed by atoms with van der Waals surface area (Å²) in [5, 5.41) is 0. The Balaban J connectivity index is 3.63. The van der Waals surface area contributed by atoms with Crippen molar-refractivity contribution in [2.24, 2.45) is 0 Å². The lowest BCUT2D eigenvalue weighted by Crippen LogP contribution is -2.69. The van der Waals surface area contributed by atoms with Gasteiger partial charge in [-0.1, -0.05) is 12.1 Å². The van der Waals surface area contributed by atoms with Crippen molar-refractivity contribution in [1.29, 1.82) is 0 Å². The molecule has 29 heavy (non-hydrogen) atoms. The molecule has 0 unspecified atom stereocenters. The lowest BCUT2D eigenvalue weighted by atomic mass is 9.89. The molecule has 0 aromatic heterocycles. The first-order valence-electron chi connectivity index (χ1n) is 6.91. The van der Waals surface area contributed by atoms with Gasteiger partial charge in [-0.05, 0) is 12.1 Å². The molecule has 168 valence electrons. The molecule has 0 nitrogen and oxygen atoms in total. The van der Waals surface area contributed by atoms with Gasteiger partial charge in [0.15, 0.2) is 0 Å². The molecule has 1 rings (SSSR count). The van der Waals surface area contributed by atoms with Gasteiger partial charge in [0.1, 0.15) is 0 Å². The van der Waals surface area contributed by atoms with Gasteiger partial charge in [0.05, 0.1) is 5.56 Å². The van der Waals surface area contributed by atoms with Gasteiger partial charge in [-0.15, -0.1) is 0 Å². The molecule has 1 aromatic carbocycles. The van der Waals surface area contributed by atoms with E-state index in [1.54, 1.807) is 0 Å². The van der Waals surface area contributed by atoms with E-state index in [-0.39, 0.29) is 18.2 Å². The minimum Gasteiger partial charge on any atom is -0.200 e. The molecular formula is C14H7F15. The van der Waals surface area contributed by atoms with Crippen molar-refractivity contribution >= 4 is 0 Å². The van der Waals surface area contributed by atoms with Crippen LogP contribution in [0.3, 0.4) is 0 Å². The number of halogens is 15. The van der Waals surface area contributed by atoms with Crippen molar-refractivity contribution < 1.29 is 65.9 Å². The lowest BCUT2D eigenvalue weighted by Gasteiger charge is -2.40. The highest BCUT2D eigenvalue weighted by molar-refractivity contribution is 5.31. The van der Waals surface area contributed by atoms with Gasteiger partial charge >= 0.3 is 41.7 Å². The van der Waals surface area contributed by atoms with E-state index >= 15 is 0 Å². The molecule has 0 N–H and O–H groups in total. The zero-order chi connectivity index (χ0) is 23.5. The number of rotatable bonds is 6. The fourth-order valence-electron chi connectivity index (χ4n) is 1.94. The number of hydrogen-bond donors (Lipinski definition) is 0. The Labute approximate surface area is 151 Å². The maximum absolute atomic E-state index is 13.8. The summed E-state index contributed by atoms with van der Waals surface area (Å²) in [5.41, 5.74) is -4.69. The first-order valence-corrected chi connectivity index (χ1v) is 6.91. The van der Waals surface area contributed by atoms with Crippen molar-refractivity contribution in [1.82, 2.24) is 0 Å². The maximum atomic E-state index is 13.8. The first kappa shape index (κ1) is 25.2. The summed E-state index contributed by atoms with van der Waals surface area (Å²) in [7, 11) is 0. The van der Waals surface area contributed by atoms with Crippen molar-refractivity contribution in [3.8, 4) is 0 Å². The van der Waals surface area contributed by atoms with Gasteiger partial charge in [0, 0.05) is 12.5 Å². The summed E-state index contributed by atoms with van der Waals surface area (Å²) in [5.74, 6) is -43.0. The van der Waals surface area contributed by atoms with Crippen LogP contribution in [0, 0.1) is 0 Å². The maximum Gasteiger partial charge on any atom is 0.416 e. The van der Waals surface area contributed by atoms with E-state index < -0.39 is 65.8 Å². The molecule has 1 aromatic rings.